The summed E-state index contributed by atoms with van der Waals surface area (Å²) in [6, 6.07) is 20.8. The van der Waals surface area contributed by atoms with Crippen LogP contribution in [0.4, 0.5) is 13.2 Å². The van der Waals surface area contributed by atoms with Crippen LogP contribution in [0.5, 0.6) is 0 Å². The van der Waals surface area contributed by atoms with Crippen molar-refractivity contribution in [3.8, 4) is 11.1 Å². The van der Waals surface area contributed by atoms with E-state index in [1.165, 1.54) is 48.4 Å². The molecular weight excluding hydrogens is 489 g/mol. The summed E-state index contributed by atoms with van der Waals surface area (Å²) in [6.07, 6.45) is 2.84. The van der Waals surface area contributed by atoms with Gasteiger partial charge in [-0.05, 0) is 96.1 Å². The minimum atomic E-state index is -4.39. The van der Waals surface area contributed by atoms with E-state index in [1.807, 2.05) is 24.3 Å². The Bertz CT molecular complexity index is 1160. The summed E-state index contributed by atoms with van der Waals surface area (Å²) in [5.74, 6) is 1.98. The standard InChI is InChI=1S/C33H38ClF3/c1-22(24-11-13-25(14-12-24)26-15-17-28(18-16-26)32(2,3)4)5-6-23-7-9-27(10-8-23)30-20-19-29(21-31(30)34)33(35,36)37/h7-14,19-22,26,28H,5-6,15-18H2,1-4H3. The Morgan fingerprint density at radius 2 is 1.46 bits per heavy atom. The molecule has 0 N–H and O–H groups in total. The van der Waals surface area contributed by atoms with Crippen molar-refractivity contribution in [2.75, 3.05) is 0 Å². The molecule has 3 aromatic rings. The second-order valence-electron chi connectivity index (χ2n) is 11.9. The van der Waals surface area contributed by atoms with Crippen LogP contribution in [-0.4, -0.2) is 0 Å². The maximum absolute atomic E-state index is 12.9. The first-order valence-corrected chi connectivity index (χ1v) is 13.9. The minimum absolute atomic E-state index is 0.113. The molecule has 37 heavy (non-hydrogen) atoms. The van der Waals surface area contributed by atoms with Gasteiger partial charge in [0.1, 0.15) is 0 Å². The number of alkyl halides is 3. The average molecular weight is 527 g/mol. The lowest BCUT2D eigenvalue weighted by Crippen LogP contribution is -2.25. The normalized spacial score (nSPS) is 19.6. The molecule has 1 unspecified atom stereocenters. The summed E-state index contributed by atoms with van der Waals surface area (Å²) < 4.78 is 38.8. The van der Waals surface area contributed by atoms with Gasteiger partial charge in [0.15, 0.2) is 0 Å². The number of aryl methyl sites for hydroxylation is 1. The average Bonchev–Trinajstić information content (AvgIpc) is 2.87. The fourth-order valence-electron chi connectivity index (χ4n) is 5.72. The van der Waals surface area contributed by atoms with Crippen LogP contribution in [-0.2, 0) is 12.6 Å². The Balaban J connectivity index is 1.31. The molecule has 1 fully saturated rings. The molecule has 0 spiro atoms. The highest BCUT2D eigenvalue weighted by atomic mass is 35.5. The van der Waals surface area contributed by atoms with Gasteiger partial charge in [-0.25, -0.2) is 0 Å². The van der Waals surface area contributed by atoms with Gasteiger partial charge in [-0.2, -0.15) is 13.2 Å². The summed E-state index contributed by atoms with van der Waals surface area (Å²) in [6.45, 7) is 9.40. The van der Waals surface area contributed by atoms with Gasteiger partial charge in [0.2, 0.25) is 0 Å². The predicted octanol–water partition coefficient (Wildman–Crippen LogP) is 11.1. The predicted molar refractivity (Wildman–Crippen MR) is 149 cm³/mol. The second-order valence-corrected chi connectivity index (χ2v) is 12.3. The van der Waals surface area contributed by atoms with Crippen molar-refractivity contribution >= 4 is 11.6 Å². The molecule has 1 saturated carbocycles. The molecule has 0 heterocycles. The van der Waals surface area contributed by atoms with Crippen molar-refractivity contribution < 1.29 is 13.2 Å². The largest absolute Gasteiger partial charge is 0.416 e. The van der Waals surface area contributed by atoms with E-state index in [4.69, 9.17) is 11.6 Å². The van der Waals surface area contributed by atoms with Crippen LogP contribution >= 0.6 is 11.6 Å². The van der Waals surface area contributed by atoms with Crippen molar-refractivity contribution in [2.45, 2.75) is 84.2 Å². The molecule has 4 rings (SSSR count). The second kappa shape index (κ2) is 11.2. The smallest absolute Gasteiger partial charge is 0.166 e. The molecular formula is C33H38ClF3. The number of rotatable bonds is 6. The summed E-state index contributed by atoms with van der Waals surface area (Å²) in [5, 5.41) is 0.113. The Morgan fingerprint density at radius 1 is 0.838 bits per heavy atom. The summed E-state index contributed by atoms with van der Waals surface area (Å²) in [7, 11) is 0. The first-order chi connectivity index (χ1) is 17.4. The van der Waals surface area contributed by atoms with Gasteiger partial charge >= 0.3 is 6.18 Å². The van der Waals surface area contributed by atoms with Crippen LogP contribution in [0.25, 0.3) is 11.1 Å². The first-order valence-electron chi connectivity index (χ1n) is 13.5. The van der Waals surface area contributed by atoms with Crippen molar-refractivity contribution in [2.24, 2.45) is 11.3 Å². The Hall–Kier alpha value is -2.26. The van der Waals surface area contributed by atoms with Crippen LogP contribution in [0, 0.1) is 11.3 Å². The molecule has 0 aromatic heterocycles. The topological polar surface area (TPSA) is 0 Å². The Kier molecular flexibility index (Phi) is 8.43. The summed E-state index contributed by atoms with van der Waals surface area (Å²) >= 11 is 6.17. The Labute approximate surface area is 225 Å². The van der Waals surface area contributed by atoms with E-state index in [-0.39, 0.29) is 5.02 Å². The molecule has 198 valence electrons. The maximum Gasteiger partial charge on any atom is 0.416 e. The van der Waals surface area contributed by atoms with E-state index >= 15 is 0 Å². The van der Waals surface area contributed by atoms with Crippen LogP contribution in [0.3, 0.4) is 0 Å². The first kappa shape index (κ1) is 27.8. The molecule has 0 nitrogen and oxygen atoms in total. The van der Waals surface area contributed by atoms with Crippen LogP contribution in [0.15, 0.2) is 66.7 Å². The van der Waals surface area contributed by atoms with Gasteiger partial charge in [-0.15, -0.1) is 0 Å². The van der Waals surface area contributed by atoms with Crippen molar-refractivity contribution in [3.05, 3.63) is 94.0 Å². The molecule has 0 radical (unpaired) electrons. The van der Waals surface area contributed by atoms with Crippen molar-refractivity contribution in [3.63, 3.8) is 0 Å². The highest BCUT2D eigenvalue weighted by Crippen LogP contribution is 2.43. The van der Waals surface area contributed by atoms with E-state index < -0.39 is 11.7 Å². The van der Waals surface area contributed by atoms with Gasteiger partial charge in [-0.1, -0.05) is 93.9 Å². The van der Waals surface area contributed by atoms with Gasteiger partial charge < -0.3 is 0 Å². The lowest BCUT2D eigenvalue weighted by Gasteiger charge is -2.37. The lowest BCUT2D eigenvalue weighted by atomic mass is 9.68. The molecule has 3 aromatic carbocycles. The van der Waals surface area contributed by atoms with E-state index in [0.29, 0.717) is 22.8 Å². The highest BCUT2D eigenvalue weighted by Gasteiger charge is 2.31. The number of benzene rings is 3. The number of halogens is 4. The maximum atomic E-state index is 12.9. The molecule has 1 aliphatic rings. The number of hydrogen-bond acceptors (Lipinski definition) is 0. The van der Waals surface area contributed by atoms with Crippen molar-refractivity contribution in [1.29, 1.82) is 0 Å². The molecule has 4 heteroatoms. The van der Waals surface area contributed by atoms with E-state index in [1.54, 1.807) is 0 Å². The summed E-state index contributed by atoms with van der Waals surface area (Å²) in [5.41, 5.74) is 5.20. The molecule has 0 amide bonds. The fraction of sp³-hybridized carbons (Fsp3) is 0.455. The zero-order valence-electron chi connectivity index (χ0n) is 22.3. The fourth-order valence-corrected chi connectivity index (χ4v) is 6.01. The van der Waals surface area contributed by atoms with Crippen LogP contribution < -0.4 is 0 Å². The van der Waals surface area contributed by atoms with Crippen LogP contribution in [0.2, 0.25) is 5.02 Å². The summed E-state index contributed by atoms with van der Waals surface area (Å²) in [4.78, 5) is 0. The zero-order chi connectivity index (χ0) is 26.8. The Morgan fingerprint density at radius 3 is 2.00 bits per heavy atom. The van der Waals surface area contributed by atoms with Gasteiger partial charge in [0, 0.05) is 10.6 Å². The lowest BCUT2D eigenvalue weighted by molar-refractivity contribution is -0.137. The minimum Gasteiger partial charge on any atom is -0.166 e. The number of hydrogen-bond donors (Lipinski definition) is 0. The monoisotopic (exact) mass is 526 g/mol. The van der Waals surface area contributed by atoms with Gasteiger partial charge in [-0.3, -0.25) is 0 Å². The zero-order valence-corrected chi connectivity index (χ0v) is 23.1. The molecule has 0 bridgehead atoms. The molecule has 1 atom stereocenters. The van der Waals surface area contributed by atoms with Crippen molar-refractivity contribution in [1.82, 2.24) is 0 Å². The SMILES string of the molecule is CC(CCc1ccc(-c2ccc(C(F)(F)F)cc2Cl)cc1)c1ccc(C2CCC(C(C)(C)C)CC2)cc1. The van der Waals surface area contributed by atoms with E-state index in [9.17, 15) is 13.2 Å². The van der Waals surface area contributed by atoms with Gasteiger partial charge in [0.25, 0.3) is 0 Å². The van der Waals surface area contributed by atoms with Crippen LogP contribution in [0.1, 0.15) is 93.9 Å². The van der Waals surface area contributed by atoms with Gasteiger partial charge in [0.05, 0.1) is 5.56 Å². The third kappa shape index (κ3) is 6.99. The third-order valence-corrected chi connectivity index (χ3v) is 8.67. The molecule has 1 aliphatic carbocycles. The van der Waals surface area contributed by atoms with E-state index in [0.717, 1.165) is 36.5 Å². The molecule has 0 saturated heterocycles. The molecule has 0 aliphatic heterocycles. The highest BCUT2D eigenvalue weighted by molar-refractivity contribution is 6.33. The quantitative estimate of drug-likeness (QED) is 0.299. The third-order valence-electron chi connectivity index (χ3n) is 8.36. The van der Waals surface area contributed by atoms with E-state index in [2.05, 4.69) is 52.0 Å².